The number of ether oxygens (including phenoxy) is 2. The minimum absolute atomic E-state index is 0.423. The summed E-state index contributed by atoms with van der Waals surface area (Å²) in [7, 11) is 1.77. The van der Waals surface area contributed by atoms with Gasteiger partial charge in [0.2, 0.25) is 0 Å². The van der Waals surface area contributed by atoms with Crippen LogP contribution in [0.15, 0.2) is 0 Å². The Kier molecular flexibility index (Phi) is 6.32. The van der Waals surface area contributed by atoms with Gasteiger partial charge in [-0.25, -0.2) is 0 Å². The lowest BCUT2D eigenvalue weighted by Gasteiger charge is -2.34. The molecule has 3 heteroatoms. The van der Waals surface area contributed by atoms with Crippen LogP contribution in [0.1, 0.15) is 40.0 Å². The molecule has 0 amide bonds. The van der Waals surface area contributed by atoms with Crippen molar-refractivity contribution in [2.45, 2.75) is 58.2 Å². The van der Waals surface area contributed by atoms with Crippen LogP contribution in [0.3, 0.4) is 0 Å². The summed E-state index contributed by atoms with van der Waals surface area (Å²) in [5.41, 5.74) is 0. The third-order valence-electron chi connectivity index (χ3n) is 3.39. The Hall–Kier alpha value is -0.120. The van der Waals surface area contributed by atoms with Gasteiger partial charge in [-0.3, -0.25) is 0 Å². The zero-order chi connectivity index (χ0) is 12.0. The third-order valence-corrected chi connectivity index (χ3v) is 3.39. The largest absolute Gasteiger partial charge is 0.383 e. The van der Waals surface area contributed by atoms with Crippen molar-refractivity contribution in [1.29, 1.82) is 0 Å². The van der Waals surface area contributed by atoms with E-state index in [1.54, 1.807) is 7.11 Å². The first kappa shape index (κ1) is 13.9. The molecule has 0 aromatic heterocycles. The molecule has 1 heterocycles. The molecule has 1 aliphatic heterocycles. The summed E-state index contributed by atoms with van der Waals surface area (Å²) >= 11 is 0. The van der Waals surface area contributed by atoms with E-state index in [1.165, 1.54) is 0 Å². The highest BCUT2D eigenvalue weighted by atomic mass is 16.5. The third kappa shape index (κ3) is 4.40. The van der Waals surface area contributed by atoms with Gasteiger partial charge in [0.25, 0.3) is 0 Å². The van der Waals surface area contributed by atoms with Crippen LogP contribution < -0.4 is 5.32 Å². The van der Waals surface area contributed by atoms with Crippen LogP contribution >= 0.6 is 0 Å². The maximum absolute atomic E-state index is 5.77. The summed E-state index contributed by atoms with van der Waals surface area (Å²) in [6.45, 7) is 8.37. The fraction of sp³-hybridized carbons (Fsp3) is 1.00. The molecule has 3 atom stereocenters. The zero-order valence-electron chi connectivity index (χ0n) is 11.2. The summed E-state index contributed by atoms with van der Waals surface area (Å²) in [5, 5.41) is 3.69. The second kappa shape index (κ2) is 7.25. The quantitative estimate of drug-likeness (QED) is 0.757. The Balaban J connectivity index is 2.35. The predicted molar refractivity (Wildman–Crippen MR) is 66.7 cm³/mol. The van der Waals surface area contributed by atoms with Crippen LogP contribution in [0, 0.1) is 5.92 Å². The Bertz CT molecular complexity index is 185. The second-order valence-electron chi connectivity index (χ2n) is 5.10. The van der Waals surface area contributed by atoms with E-state index in [0.717, 1.165) is 32.5 Å². The van der Waals surface area contributed by atoms with Crippen LogP contribution in [0.5, 0.6) is 0 Å². The van der Waals surface area contributed by atoms with Crippen LogP contribution in [0.25, 0.3) is 0 Å². The maximum atomic E-state index is 5.77. The molecule has 0 radical (unpaired) electrons. The monoisotopic (exact) mass is 229 g/mol. The van der Waals surface area contributed by atoms with Crippen LogP contribution in [0.4, 0.5) is 0 Å². The molecule has 1 fully saturated rings. The number of hydrogen-bond donors (Lipinski definition) is 1. The Morgan fingerprint density at radius 2 is 2.19 bits per heavy atom. The number of hydrogen-bond acceptors (Lipinski definition) is 3. The van der Waals surface area contributed by atoms with E-state index in [0.29, 0.717) is 24.1 Å². The average molecular weight is 229 g/mol. The van der Waals surface area contributed by atoms with Crippen LogP contribution in [-0.4, -0.2) is 38.5 Å². The van der Waals surface area contributed by atoms with E-state index in [9.17, 15) is 0 Å². The molecule has 96 valence electrons. The number of methoxy groups -OCH3 is 1. The fourth-order valence-electron chi connectivity index (χ4n) is 2.26. The summed E-state index contributed by atoms with van der Waals surface area (Å²) in [5.74, 6) is 0.618. The van der Waals surface area contributed by atoms with Gasteiger partial charge in [0.05, 0.1) is 12.7 Å². The van der Waals surface area contributed by atoms with Crippen molar-refractivity contribution in [3.05, 3.63) is 0 Å². The van der Waals surface area contributed by atoms with Crippen molar-refractivity contribution in [3.8, 4) is 0 Å². The predicted octanol–water partition coefficient (Wildman–Crippen LogP) is 2.20. The molecule has 1 saturated heterocycles. The highest BCUT2D eigenvalue weighted by Crippen LogP contribution is 2.20. The minimum atomic E-state index is 0.423. The summed E-state index contributed by atoms with van der Waals surface area (Å²) in [6.07, 6.45) is 3.81. The van der Waals surface area contributed by atoms with Gasteiger partial charge in [0, 0.05) is 25.8 Å². The molecule has 1 rings (SSSR count). The lowest BCUT2D eigenvalue weighted by atomic mass is 9.95. The molecular weight excluding hydrogens is 202 g/mol. The fourth-order valence-corrected chi connectivity index (χ4v) is 2.26. The standard InChI is InChI=1S/C13H27NO2/c1-5-11(9-15-4)14-12-6-7-16-13(8-12)10(2)3/h10-14H,5-9H2,1-4H3. The van der Waals surface area contributed by atoms with Gasteiger partial charge in [-0.2, -0.15) is 0 Å². The van der Waals surface area contributed by atoms with Crippen molar-refractivity contribution >= 4 is 0 Å². The van der Waals surface area contributed by atoms with E-state index in [-0.39, 0.29) is 0 Å². The first-order chi connectivity index (χ1) is 7.67. The summed E-state index contributed by atoms with van der Waals surface area (Å²) in [4.78, 5) is 0. The van der Waals surface area contributed by atoms with Crippen LogP contribution in [0.2, 0.25) is 0 Å². The second-order valence-corrected chi connectivity index (χ2v) is 5.10. The first-order valence-electron chi connectivity index (χ1n) is 6.54. The molecule has 3 nitrogen and oxygen atoms in total. The van der Waals surface area contributed by atoms with Crippen molar-refractivity contribution in [3.63, 3.8) is 0 Å². The van der Waals surface area contributed by atoms with E-state index in [1.807, 2.05) is 0 Å². The molecule has 16 heavy (non-hydrogen) atoms. The summed E-state index contributed by atoms with van der Waals surface area (Å²) < 4.78 is 11.0. The van der Waals surface area contributed by atoms with Gasteiger partial charge in [0.1, 0.15) is 0 Å². The maximum Gasteiger partial charge on any atom is 0.0615 e. The van der Waals surface area contributed by atoms with E-state index < -0.39 is 0 Å². The van der Waals surface area contributed by atoms with Crippen molar-refractivity contribution in [2.75, 3.05) is 20.3 Å². The van der Waals surface area contributed by atoms with Crippen molar-refractivity contribution in [2.24, 2.45) is 5.92 Å². The Morgan fingerprint density at radius 1 is 1.44 bits per heavy atom. The average Bonchev–Trinajstić information content (AvgIpc) is 2.29. The van der Waals surface area contributed by atoms with Gasteiger partial charge in [0.15, 0.2) is 0 Å². The summed E-state index contributed by atoms with van der Waals surface area (Å²) in [6, 6.07) is 1.09. The zero-order valence-corrected chi connectivity index (χ0v) is 11.2. The molecule has 3 unspecified atom stereocenters. The lowest BCUT2D eigenvalue weighted by Crippen LogP contribution is -2.46. The molecule has 1 N–H and O–H groups in total. The minimum Gasteiger partial charge on any atom is -0.383 e. The van der Waals surface area contributed by atoms with Crippen LogP contribution in [-0.2, 0) is 9.47 Å². The van der Waals surface area contributed by atoms with Gasteiger partial charge >= 0.3 is 0 Å². The van der Waals surface area contributed by atoms with Gasteiger partial charge in [-0.15, -0.1) is 0 Å². The van der Waals surface area contributed by atoms with Gasteiger partial charge in [-0.1, -0.05) is 20.8 Å². The first-order valence-corrected chi connectivity index (χ1v) is 6.54. The van der Waals surface area contributed by atoms with E-state index >= 15 is 0 Å². The topological polar surface area (TPSA) is 30.5 Å². The van der Waals surface area contributed by atoms with Gasteiger partial charge in [-0.05, 0) is 25.2 Å². The molecular formula is C13H27NO2. The smallest absolute Gasteiger partial charge is 0.0615 e. The molecule has 0 saturated carbocycles. The SMILES string of the molecule is CCC(COC)NC1CCOC(C(C)C)C1. The normalized spacial score (nSPS) is 28.3. The van der Waals surface area contributed by atoms with E-state index in [4.69, 9.17) is 9.47 Å². The van der Waals surface area contributed by atoms with Gasteiger partial charge < -0.3 is 14.8 Å². The lowest BCUT2D eigenvalue weighted by molar-refractivity contribution is -0.0274. The number of rotatable bonds is 6. The Labute approximate surface area is 99.9 Å². The Morgan fingerprint density at radius 3 is 2.75 bits per heavy atom. The highest BCUT2D eigenvalue weighted by Gasteiger charge is 2.25. The molecule has 0 aromatic carbocycles. The molecule has 0 aliphatic carbocycles. The molecule has 0 aromatic rings. The molecule has 0 spiro atoms. The van der Waals surface area contributed by atoms with Crippen molar-refractivity contribution in [1.82, 2.24) is 5.32 Å². The van der Waals surface area contributed by atoms with Crippen molar-refractivity contribution < 1.29 is 9.47 Å². The molecule has 1 aliphatic rings. The number of nitrogens with one attached hydrogen (secondary N) is 1. The van der Waals surface area contributed by atoms with E-state index in [2.05, 4.69) is 26.1 Å². The highest BCUT2D eigenvalue weighted by molar-refractivity contribution is 4.81. The molecule has 0 bridgehead atoms.